The van der Waals surface area contributed by atoms with Crippen LogP contribution in [0.15, 0.2) is 75.6 Å². The molecule has 8 nitrogen and oxygen atoms in total. The maximum absolute atomic E-state index is 13.4. The molecular weight excluding hydrogens is 531 g/mol. The van der Waals surface area contributed by atoms with Gasteiger partial charge in [0.05, 0.1) is 23.6 Å². The minimum atomic E-state index is -0.987. The first-order valence-electron chi connectivity index (χ1n) is 11.1. The Morgan fingerprint density at radius 3 is 2.62 bits per heavy atom. The molecule has 5 rings (SSSR count). The number of aromatic nitrogens is 2. The van der Waals surface area contributed by atoms with Crippen molar-refractivity contribution in [3.05, 3.63) is 92.9 Å². The number of thioether (sulfide) groups is 1. The number of carbonyl (C=O) groups excluding carboxylic acids is 2. The highest BCUT2D eigenvalue weighted by Gasteiger charge is 2.46. The van der Waals surface area contributed by atoms with Crippen LogP contribution in [0.25, 0.3) is 0 Å². The Morgan fingerprint density at radius 2 is 1.92 bits per heavy atom. The monoisotopic (exact) mass is 551 g/mol. The average Bonchev–Trinajstić information content (AvgIpc) is 3.65. The van der Waals surface area contributed by atoms with E-state index in [4.69, 9.17) is 4.74 Å². The number of benzene rings is 2. The first kappa shape index (κ1) is 25.0. The number of amides is 1. The molecule has 1 aliphatic heterocycles. The quantitative estimate of drug-likeness (QED) is 0.163. The van der Waals surface area contributed by atoms with Crippen LogP contribution in [0, 0.1) is 6.92 Å². The van der Waals surface area contributed by atoms with Crippen LogP contribution < -0.4 is 9.64 Å². The number of ether oxygens (including phenoxy) is 1. The minimum absolute atomic E-state index is 0.0655. The van der Waals surface area contributed by atoms with Gasteiger partial charge in [0.1, 0.15) is 0 Å². The first-order chi connectivity index (χ1) is 17.9. The third kappa shape index (κ3) is 4.85. The Kier molecular flexibility index (Phi) is 7.00. The van der Waals surface area contributed by atoms with Crippen molar-refractivity contribution in [2.75, 3.05) is 12.0 Å². The number of hydrogen-bond donors (Lipinski definition) is 2. The Hall–Kier alpha value is -3.67. The van der Waals surface area contributed by atoms with Crippen molar-refractivity contribution in [1.82, 2.24) is 10.2 Å². The lowest BCUT2D eigenvalue weighted by Crippen LogP contribution is -2.31. The van der Waals surface area contributed by atoms with E-state index in [0.29, 0.717) is 20.5 Å². The molecule has 4 aromatic rings. The predicted octanol–water partition coefficient (Wildman–Crippen LogP) is 5.70. The molecule has 0 saturated carbocycles. The van der Waals surface area contributed by atoms with Gasteiger partial charge in [-0.1, -0.05) is 65.1 Å². The van der Waals surface area contributed by atoms with Gasteiger partial charge >= 0.3 is 0 Å². The summed E-state index contributed by atoms with van der Waals surface area (Å²) in [6.45, 7) is 2.03. The van der Waals surface area contributed by atoms with Crippen molar-refractivity contribution in [1.29, 1.82) is 0 Å². The fraction of sp³-hybridized carbons (Fsp3) is 0.154. The van der Waals surface area contributed by atoms with Crippen LogP contribution in [0.2, 0.25) is 0 Å². The van der Waals surface area contributed by atoms with Gasteiger partial charge in [0.25, 0.3) is 5.91 Å². The van der Waals surface area contributed by atoms with Crippen molar-refractivity contribution in [3.63, 3.8) is 0 Å². The number of rotatable bonds is 8. The normalized spacial score (nSPS) is 15.5. The molecule has 2 N–H and O–H groups in total. The summed E-state index contributed by atoms with van der Waals surface area (Å²) in [5, 5.41) is 31.5. The van der Waals surface area contributed by atoms with E-state index in [0.717, 1.165) is 5.56 Å². The molecule has 2 aromatic heterocycles. The van der Waals surface area contributed by atoms with Crippen LogP contribution in [0.5, 0.6) is 11.5 Å². The fourth-order valence-corrected chi connectivity index (χ4v) is 6.44. The van der Waals surface area contributed by atoms with E-state index in [1.807, 2.05) is 31.2 Å². The van der Waals surface area contributed by atoms with Crippen LogP contribution in [-0.2, 0) is 10.5 Å². The van der Waals surface area contributed by atoms with Gasteiger partial charge in [-0.25, -0.2) is 0 Å². The van der Waals surface area contributed by atoms with E-state index in [-0.39, 0.29) is 22.2 Å². The Balaban J connectivity index is 1.51. The number of nitrogens with zero attached hydrogens (tertiary/aromatic N) is 3. The summed E-state index contributed by atoms with van der Waals surface area (Å²) in [5.41, 5.74) is 2.71. The van der Waals surface area contributed by atoms with Crippen molar-refractivity contribution >= 4 is 51.3 Å². The number of carbonyl (C=O) groups is 2. The predicted molar refractivity (Wildman–Crippen MR) is 144 cm³/mol. The topological polar surface area (TPSA) is 113 Å². The highest BCUT2D eigenvalue weighted by molar-refractivity contribution is 8.00. The van der Waals surface area contributed by atoms with Crippen LogP contribution >= 0.6 is 34.4 Å². The molecule has 1 unspecified atom stereocenters. The van der Waals surface area contributed by atoms with Gasteiger partial charge in [0.15, 0.2) is 21.6 Å². The number of hydrogen-bond acceptors (Lipinski definition) is 10. The summed E-state index contributed by atoms with van der Waals surface area (Å²) >= 11 is 3.90. The summed E-state index contributed by atoms with van der Waals surface area (Å²) < 4.78 is 5.89. The summed E-state index contributed by atoms with van der Waals surface area (Å²) in [5.74, 6) is -1.09. The number of thiophene rings is 1. The van der Waals surface area contributed by atoms with Gasteiger partial charge in [-0.3, -0.25) is 14.5 Å². The zero-order chi connectivity index (χ0) is 26.1. The zero-order valence-corrected chi connectivity index (χ0v) is 22.2. The van der Waals surface area contributed by atoms with E-state index in [9.17, 15) is 19.8 Å². The minimum Gasteiger partial charge on any atom is -0.504 e. The molecule has 0 radical (unpaired) electrons. The SMILES string of the molecule is COc1cc(C2C(C(=O)c3cccs3)=C(O)C(=O)N2c2nnc(SCc3ccc(C)cc3)s2)ccc1O. The maximum atomic E-state index is 13.4. The maximum Gasteiger partial charge on any atom is 0.296 e. The molecule has 1 amide bonds. The molecule has 0 saturated heterocycles. The van der Waals surface area contributed by atoms with E-state index in [1.165, 1.54) is 64.1 Å². The number of Topliss-reactive ketones (excluding diaryl/α,β-unsaturated/α-hetero) is 1. The molecule has 188 valence electrons. The second-order valence-corrected chi connectivity index (χ2v) is 11.3. The molecule has 0 bridgehead atoms. The molecule has 2 aromatic carbocycles. The summed E-state index contributed by atoms with van der Waals surface area (Å²) in [6, 6.07) is 15.1. The summed E-state index contributed by atoms with van der Waals surface area (Å²) in [4.78, 5) is 28.4. The average molecular weight is 552 g/mol. The highest BCUT2D eigenvalue weighted by Crippen LogP contribution is 2.45. The van der Waals surface area contributed by atoms with E-state index >= 15 is 0 Å². The van der Waals surface area contributed by atoms with Gasteiger partial charge in [-0.2, -0.15) is 0 Å². The number of aliphatic hydroxyl groups excluding tert-OH is 1. The zero-order valence-electron chi connectivity index (χ0n) is 19.7. The molecule has 0 fully saturated rings. The molecule has 0 spiro atoms. The largest absolute Gasteiger partial charge is 0.504 e. The van der Waals surface area contributed by atoms with Gasteiger partial charge in [0.2, 0.25) is 10.9 Å². The number of phenols is 1. The summed E-state index contributed by atoms with van der Waals surface area (Å²) in [6.07, 6.45) is 0. The third-order valence-corrected chi connectivity index (χ3v) is 8.80. The number of ketones is 1. The first-order valence-corrected chi connectivity index (χ1v) is 13.8. The molecule has 1 atom stereocenters. The van der Waals surface area contributed by atoms with Crippen LogP contribution in [0.1, 0.15) is 32.4 Å². The van der Waals surface area contributed by atoms with Gasteiger partial charge < -0.3 is 14.9 Å². The van der Waals surface area contributed by atoms with E-state index in [1.54, 1.807) is 23.6 Å². The number of methoxy groups -OCH3 is 1. The van der Waals surface area contributed by atoms with Crippen molar-refractivity contribution in [2.24, 2.45) is 0 Å². The number of aliphatic hydroxyl groups is 1. The lowest BCUT2D eigenvalue weighted by atomic mass is 9.95. The molecule has 11 heteroatoms. The molecule has 37 heavy (non-hydrogen) atoms. The van der Waals surface area contributed by atoms with Crippen molar-refractivity contribution < 1.29 is 24.5 Å². The number of aromatic hydroxyl groups is 1. The van der Waals surface area contributed by atoms with Crippen LogP contribution in [0.4, 0.5) is 5.13 Å². The third-order valence-electron chi connectivity index (χ3n) is 5.80. The van der Waals surface area contributed by atoms with Crippen LogP contribution in [-0.4, -0.2) is 39.2 Å². The lowest BCUT2D eigenvalue weighted by Gasteiger charge is -2.24. The van der Waals surface area contributed by atoms with Gasteiger partial charge in [-0.05, 0) is 41.6 Å². The highest BCUT2D eigenvalue weighted by atomic mass is 32.2. The fourth-order valence-electron chi connectivity index (χ4n) is 3.94. The summed E-state index contributed by atoms with van der Waals surface area (Å²) in [7, 11) is 1.41. The Labute approximate surface area is 224 Å². The number of phenolic OH excluding ortho intramolecular Hbond substituents is 1. The molecule has 0 aliphatic carbocycles. The lowest BCUT2D eigenvalue weighted by molar-refractivity contribution is -0.117. The second kappa shape index (κ2) is 10.4. The van der Waals surface area contributed by atoms with Crippen molar-refractivity contribution in [3.8, 4) is 11.5 Å². The molecular formula is C26H21N3O5S3. The second-order valence-electron chi connectivity index (χ2n) is 8.20. The molecule has 3 heterocycles. The number of aryl methyl sites for hydroxylation is 1. The molecule has 1 aliphatic rings. The smallest absolute Gasteiger partial charge is 0.296 e. The standard InChI is InChI=1S/C26H21N3O5S3/c1-14-5-7-15(8-6-14)13-36-26-28-27-25(37-26)29-21(16-9-10-17(30)18(12-16)34-2)20(23(32)24(29)33)22(31)19-4-3-11-35-19/h3-12,21,30,32H,13H2,1-2H3. The van der Waals surface area contributed by atoms with Crippen LogP contribution in [0.3, 0.4) is 0 Å². The van der Waals surface area contributed by atoms with Crippen molar-refractivity contribution in [2.45, 2.75) is 23.1 Å². The van der Waals surface area contributed by atoms with E-state index < -0.39 is 23.5 Å². The van der Waals surface area contributed by atoms with E-state index in [2.05, 4.69) is 10.2 Å². The Bertz CT molecular complexity index is 1500. The number of anilines is 1. The van der Waals surface area contributed by atoms with Gasteiger partial charge in [-0.15, -0.1) is 21.5 Å². The van der Waals surface area contributed by atoms with Gasteiger partial charge in [0, 0.05) is 5.75 Å². The Morgan fingerprint density at radius 1 is 1.14 bits per heavy atom.